The number of nitrogen functional groups attached to an aromatic ring is 1. The Hall–Kier alpha value is -1.85. The summed E-state index contributed by atoms with van der Waals surface area (Å²) in [5.41, 5.74) is 9.36. The number of aryl methyl sites for hydroxylation is 2. The predicted octanol–water partition coefficient (Wildman–Crippen LogP) is 4.29. The van der Waals surface area contributed by atoms with E-state index in [9.17, 15) is 0 Å². The zero-order valence-electron chi connectivity index (χ0n) is 10.7. The summed E-state index contributed by atoms with van der Waals surface area (Å²) in [7, 11) is 0. The van der Waals surface area contributed by atoms with Crippen molar-refractivity contribution < 1.29 is 0 Å². The van der Waals surface area contributed by atoms with Crippen molar-refractivity contribution in [2.24, 2.45) is 0 Å². The fourth-order valence-corrected chi connectivity index (χ4v) is 2.53. The molecule has 0 aromatic heterocycles. The molecular weight excluding hydrogens is 238 g/mol. The number of terminal acetylenes is 1. The first kappa shape index (κ1) is 14.2. The molecule has 0 saturated carbocycles. The van der Waals surface area contributed by atoms with Gasteiger partial charge in [0.25, 0.3) is 0 Å². The minimum Gasteiger partial charge on any atom is -0.398 e. The fourth-order valence-electron chi connectivity index (χ4n) is 1.61. The van der Waals surface area contributed by atoms with Gasteiger partial charge in [-0.15, -0.1) is 12.8 Å². The predicted molar refractivity (Wildman–Crippen MR) is 80.8 cm³/mol. The topological polar surface area (TPSA) is 26.0 Å². The molecule has 92 valence electrons. The van der Waals surface area contributed by atoms with E-state index in [1.165, 1.54) is 16.0 Å². The second-order valence-electron chi connectivity index (χ2n) is 3.91. The molecule has 0 saturated heterocycles. The van der Waals surface area contributed by atoms with E-state index < -0.39 is 0 Å². The maximum Gasteiger partial charge on any atom is 0.0455 e. The molecule has 2 aromatic rings. The lowest BCUT2D eigenvalue weighted by Gasteiger charge is -2.08. The fraction of sp³-hybridized carbons (Fsp3) is 0.125. The summed E-state index contributed by atoms with van der Waals surface area (Å²) in [6, 6.07) is 14.5. The Balaban J connectivity index is 0.000000771. The van der Waals surface area contributed by atoms with Gasteiger partial charge in [0.1, 0.15) is 0 Å². The second-order valence-corrected chi connectivity index (χ2v) is 4.99. The van der Waals surface area contributed by atoms with Crippen LogP contribution in [0.15, 0.2) is 52.3 Å². The van der Waals surface area contributed by atoms with Crippen LogP contribution in [-0.4, -0.2) is 0 Å². The molecule has 2 rings (SSSR count). The highest BCUT2D eigenvalue weighted by Gasteiger charge is 2.03. The third-order valence-electron chi connectivity index (χ3n) is 2.47. The van der Waals surface area contributed by atoms with Crippen LogP contribution < -0.4 is 5.73 Å². The highest BCUT2D eigenvalue weighted by molar-refractivity contribution is 7.99. The number of benzene rings is 2. The SMILES string of the molecule is C#C.Cc1ccc(Sc2ccccc2N)c(C)c1. The van der Waals surface area contributed by atoms with Crippen molar-refractivity contribution >= 4 is 17.4 Å². The molecule has 0 atom stereocenters. The number of anilines is 1. The molecule has 0 fully saturated rings. The second kappa shape index (κ2) is 6.78. The van der Waals surface area contributed by atoms with Gasteiger partial charge in [-0.3, -0.25) is 0 Å². The van der Waals surface area contributed by atoms with E-state index in [-0.39, 0.29) is 0 Å². The molecule has 0 aliphatic carbocycles. The van der Waals surface area contributed by atoms with Crippen LogP contribution in [0.3, 0.4) is 0 Å². The lowest BCUT2D eigenvalue weighted by Crippen LogP contribution is -1.88. The Morgan fingerprint density at radius 3 is 2.22 bits per heavy atom. The summed E-state index contributed by atoms with van der Waals surface area (Å²) in [6.07, 6.45) is 8.00. The monoisotopic (exact) mass is 255 g/mol. The van der Waals surface area contributed by atoms with Crippen LogP contribution in [0.25, 0.3) is 0 Å². The van der Waals surface area contributed by atoms with Gasteiger partial charge in [0, 0.05) is 15.5 Å². The average molecular weight is 255 g/mol. The van der Waals surface area contributed by atoms with Crippen molar-refractivity contribution in [1.82, 2.24) is 0 Å². The minimum atomic E-state index is 0.840. The maximum absolute atomic E-state index is 5.93. The number of rotatable bonds is 2. The lowest BCUT2D eigenvalue weighted by atomic mass is 10.2. The standard InChI is InChI=1S/C14H15NS.C2H2/c1-10-7-8-13(11(2)9-10)16-14-6-4-3-5-12(14)15;1-2/h3-9H,15H2,1-2H3;1-2H. The average Bonchev–Trinajstić information content (AvgIpc) is 2.38. The van der Waals surface area contributed by atoms with Crippen LogP contribution in [0.5, 0.6) is 0 Å². The van der Waals surface area contributed by atoms with Gasteiger partial charge < -0.3 is 5.73 Å². The molecule has 0 heterocycles. The lowest BCUT2D eigenvalue weighted by molar-refractivity contribution is 1.26. The van der Waals surface area contributed by atoms with Gasteiger partial charge in [0.2, 0.25) is 0 Å². The molecule has 1 nitrogen and oxygen atoms in total. The molecule has 0 amide bonds. The van der Waals surface area contributed by atoms with Crippen molar-refractivity contribution in [3.05, 3.63) is 53.6 Å². The van der Waals surface area contributed by atoms with E-state index in [0.717, 1.165) is 10.6 Å². The Morgan fingerprint density at radius 1 is 0.944 bits per heavy atom. The van der Waals surface area contributed by atoms with Crippen molar-refractivity contribution in [1.29, 1.82) is 0 Å². The summed E-state index contributed by atoms with van der Waals surface area (Å²) in [5.74, 6) is 0. The Morgan fingerprint density at radius 2 is 1.61 bits per heavy atom. The number of nitrogens with two attached hydrogens (primary N) is 1. The highest BCUT2D eigenvalue weighted by Crippen LogP contribution is 2.33. The van der Waals surface area contributed by atoms with Crippen LogP contribution in [0.1, 0.15) is 11.1 Å². The first-order chi connectivity index (χ1) is 8.66. The molecule has 0 aliphatic rings. The van der Waals surface area contributed by atoms with E-state index in [4.69, 9.17) is 5.73 Å². The van der Waals surface area contributed by atoms with Crippen LogP contribution in [0, 0.1) is 26.7 Å². The van der Waals surface area contributed by atoms with Crippen LogP contribution in [0.2, 0.25) is 0 Å². The van der Waals surface area contributed by atoms with Crippen LogP contribution in [0.4, 0.5) is 5.69 Å². The zero-order valence-corrected chi connectivity index (χ0v) is 11.5. The summed E-state index contributed by atoms with van der Waals surface area (Å²) in [6.45, 7) is 4.24. The largest absolute Gasteiger partial charge is 0.398 e. The third kappa shape index (κ3) is 3.58. The van der Waals surface area contributed by atoms with Gasteiger partial charge >= 0.3 is 0 Å². The van der Waals surface area contributed by atoms with Gasteiger partial charge in [-0.2, -0.15) is 0 Å². The molecule has 2 aromatic carbocycles. The normalized spacial score (nSPS) is 9.33. The van der Waals surface area contributed by atoms with Crippen LogP contribution in [-0.2, 0) is 0 Å². The smallest absolute Gasteiger partial charge is 0.0455 e. The third-order valence-corrected chi connectivity index (χ3v) is 3.74. The molecule has 18 heavy (non-hydrogen) atoms. The van der Waals surface area contributed by atoms with Gasteiger partial charge in [0.05, 0.1) is 0 Å². The molecule has 2 N–H and O–H groups in total. The van der Waals surface area contributed by atoms with Crippen molar-refractivity contribution in [3.63, 3.8) is 0 Å². The maximum atomic E-state index is 5.93. The first-order valence-electron chi connectivity index (χ1n) is 5.60. The van der Waals surface area contributed by atoms with Crippen molar-refractivity contribution in [2.45, 2.75) is 23.6 Å². The highest BCUT2D eigenvalue weighted by atomic mass is 32.2. The van der Waals surface area contributed by atoms with Crippen LogP contribution >= 0.6 is 11.8 Å². The van der Waals surface area contributed by atoms with Gasteiger partial charge in [-0.05, 0) is 37.6 Å². The van der Waals surface area contributed by atoms with Gasteiger partial charge in [-0.25, -0.2) is 0 Å². The molecule has 0 spiro atoms. The van der Waals surface area contributed by atoms with Gasteiger partial charge in [0.15, 0.2) is 0 Å². The number of hydrogen-bond donors (Lipinski definition) is 1. The van der Waals surface area contributed by atoms with E-state index in [0.29, 0.717) is 0 Å². The molecule has 0 aliphatic heterocycles. The Kier molecular flexibility index (Phi) is 5.35. The molecule has 2 heteroatoms. The molecule has 0 unspecified atom stereocenters. The first-order valence-corrected chi connectivity index (χ1v) is 6.41. The Labute approximate surface area is 113 Å². The summed E-state index contributed by atoms with van der Waals surface area (Å²) in [5, 5.41) is 0. The summed E-state index contributed by atoms with van der Waals surface area (Å²) >= 11 is 1.72. The van der Waals surface area contributed by atoms with Crippen molar-refractivity contribution in [3.8, 4) is 12.8 Å². The van der Waals surface area contributed by atoms with E-state index in [1.807, 2.05) is 18.2 Å². The minimum absolute atomic E-state index is 0.840. The Bertz CT molecular complexity index is 544. The molecule has 0 radical (unpaired) electrons. The van der Waals surface area contributed by atoms with E-state index >= 15 is 0 Å². The van der Waals surface area contributed by atoms with Gasteiger partial charge in [-0.1, -0.05) is 41.6 Å². The quantitative estimate of drug-likeness (QED) is 0.640. The number of para-hydroxylation sites is 1. The zero-order chi connectivity index (χ0) is 13.5. The summed E-state index contributed by atoms with van der Waals surface area (Å²) < 4.78 is 0. The summed E-state index contributed by atoms with van der Waals surface area (Å²) in [4.78, 5) is 2.39. The van der Waals surface area contributed by atoms with Crippen molar-refractivity contribution in [2.75, 3.05) is 5.73 Å². The molecule has 0 bridgehead atoms. The molecular formula is C16H17NS. The van der Waals surface area contributed by atoms with E-state index in [2.05, 4.69) is 51.0 Å². The van der Waals surface area contributed by atoms with E-state index in [1.54, 1.807) is 11.8 Å². The number of hydrogen-bond acceptors (Lipinski definition) is 2.